The summed E-state index contributed by atoms with van der Waals surface area (Å²) in [4.78, 5) is 26.7. The first-order valence-corrected chi connectivity index (χ1v) is 12.1. The maximum absolute atomic E-state index is 13.3. The number of carbonyl (C=O) groups excluding carboxylic acids is 1. The highest BCUT2D eigenvalue weighted by atomic mass is 16.4. The van der Waals surface area contributed by atoms with Crippen molar-refractivity contribution in [2.45, 2.75) is 57.8 Å². The number of allylic oxidation sites excluding steroid dienone is 1. The van der Waals surface area contributed by atoms with E-state index >= 15 is 0 Å². The Labute approximate surface area is 203 Å². The molecule has 4 nitrogen and oxygen atoms in total. The average Bonchev–Trinajstić information content (AvgIpc) is 2.80. The van der Waals surface area contributed by atoms with Crippen LogP contribution in [0.25, 0.3) is 11.6 Å². The lowest BCUT2D eigenvalue weighted by atomic mass is 9.61. The number of hydrogen-bond donors (Lipinski definition) is 1. The maximum Gasteiger partial charge on any atom is 0.335 e. The standard InChI is InChI=1S/C30H35NO3/c1-29(2)14-15-30(3,4)27-24(21-12-16-31(5)17-13-21)18-23(19-25(27)29)26(32)11-8-20-6-9-22(10-7-20)28(33)34/h6-12,18-19H,13-17H2,1-5H3,(H,33,34)/b11-8-. The van der Waals surface area contributed by atoms with Crippen molar-refractivity contribution in [2.24, 2.45) is 0 Å². The zero-order chi connectivity index (χ0) is 24.7. The van der Waals surface area contributed by atoms with E-state index in [4.69, 9.17) is 5.11 Å². The smallest absolute Gasteiger partial charge is 0.335 e. The Hall–Kier alpha value is -2.98. The minimum atomic E-state index is -0.957. The summed E-state index contributed by atoms with van der Waals surface area (Å²) in [6.07, 6.45) is 8.90. The van der Waals surface area contributed by atoms with Crippen molar-refractivity contribution >= 4 is 23.4 Å². The monoisotopic (exact) mass is 457 g/mol. The number of aromatic carboxylic acids is 1. The Balaban J connectivity index is 1.77. The molecule has 34 heavy (non-hydrogen) atoms. The normalized spacial score (nSPS) is 19.5. The molecule has 4 heteroatoms. The van der Waals surface area contributed by atoms with Crippen LogP contribution in [0.15, 0.2) is 48.6 Å². The van der Waals surface area contributed by atoms with Gasteiger partial charge in [0.25, 0.3) is 0 Å². The molecule has 178 valence electrons. The lowest BCUT2D eigenvalue weighted by Gasteiger charge is -2.44. The van der Waals surface area contributed by atoms with Crippen molar-refractivity contribution in [3.63, 3.8) is 0 Å². The van der Waals surface area contributed by atoms with Crippen molar-refractivity contribution in [1.82, 2.24) is 4.90 Å². The summed E-state index contributed by atoms with van der Waals surface area (Å²) in [5.74, 6) is -0.985. The van der Waals surface area contributed by atoms with Crippen LogP contribution in [-0.2, 0) is 10.8 Å². The van der Waals surface area contributed by atoms with Gasteiger partial charge in [0.05, 0.1) is 5.56 Å². The van der Waals surface area contributed by atoms with Crippen LogP contribution in [0.2, 0.25) is 0 Å². The van der Waals surface area contributed by atoms with E-state index in [9.17, 15) is 9.59 Å². The summed E-state index contributed by atoms with van der Waals surface area (Å²) in [5, 5.41) is 9.09. The molecule has 1 aliphatic heterocycles. The van der Waals surface area contributed by atoms with E-state index in [-0.39, 0.29) is 22.2 Å². The lowest BCUT2D eigenvalue weighted by Crippen LogP contribution is -2.35. The molecule has 1 heterocycles. The number of ketones is 1. The molecule has 0 radical (unpaired) electrons. The van der Waals surface area contributed by atoms with Crippen LogP contribution in [0.4, 0.5) is 0 Å². The van der Waals surface area contributed by atoms with E-state index in [1.165, 1.54) is 22.3 Å². The second-order valence-electron chi connectivity index (χ2n) is 11.1. The van der Waals surface area contributed by atoms with E-state index < -0.39 is 5.97 Å². The molecule has 4 rings (SSSR count). The highest BCUT2D eigenvalue weighted by Crippen LogP contribution is 2.49. The number of rotatable bonds is 5. The van der Waals surface area contributed by atoms with Gasteiger partial charge in [0.2, 0.25) is 0 Å². The number of nitrogens with zero attached hydrogens (tertiary/aromatic N) is 1. The summed E-state index contributed by atoms with van der Waals surface area (Å²) in [7, 11) is 2.14. The molecule has 0 atom stereocenters. The molecular formula is C30H35NO3. The number of fused-ring (bicyclic) bond motifs is 1. The molecule has 0 spiro atoms. The van der Waals surface area contributed by atoms with Gasteiger partial charge in [-0.3, -0.25) is 4.79 Å². The fraction of sp³-hybridized carbons (Fsp3) is 0.400. The van der Waals surface area contributed by atoms with E-state index in [2.05, 4.69) is 57.9 Å². The second kappa shape index (κ2) is 8.99. The molecule has 0 fully saturated rings. The van der Waals surface area contributed by atoms with E-state index in [0.29, 0.717) is 0 Å². The zero-order valence-corrected chi connectivity index (χ0v) is 20.9. The van der Waals surface area contributed by atoms with Crippen LogP contribution < -0.4 is 0 Å². The number of carboxylic acids is 1. The molecule has 2 aromatic carbocycles. The first-order chi connectivity index (χ1) is 16.0. The zero-order valence-electron chi connectivity index (χ0n) is 20.9. The van der Waals surface area contributed by atoms with Gasteiger partial charge in [-0.25, -0.2) is 4.79 Å². The summed E-state index contributed by atoms with van der Waals surface area (Å²) in [6.45, 7) is 11.2. The molecule has 1 N–H and O–H groups in total. The molecule has 0 aromatic heterocycles. The molecule has 0 saturated carbocycles. The van der Waals surface area contributed by atoms with Gasteiger partial charge >= 0.3 is 5.97 Å². The SMILES string of the molecule is CN1CC=C(c2cc(C(=O)/C=C\c3ccc(C(=O)O)cc3)cc3c2C(C)(C)CCC3(C)C)CC1. The minimum absolute atomic E-state index is 0.0122. The van der Waals surface area contributed by atoms with Gasteiger partial charge in [0, 0.05) is 18.7 Å². The third-order valence-corrected chi connectivity index (χ3v) is 7.55. The Bertz CT molecular complexity index is 1180. The highest BCUT2D eigenvalue weighted by molar-refractivity contribution is 6.07. The van der Waals surface area contributed by atoms with E-state index in [1.54, 1.807) is 36.4 Å². The molecule has 1 aliphatic carbocycles. The van der Waals surface area contributed by atoms with Gasteiger partial charge in [-0.1, -0.05) is 52.0 Å². The van der Waals surface area contributed by atoms with Crippen molar-refractivity contribution in [1.29, 1.82) is 0 Å². The Morgan fingerprint density at radius 3 is 2.26 bits per heavy atom. The quantitative estimate of drug-likeness (QED) is 0.420. The maximum atomic E-state index is 13.3. The molecule has 2 aromatic rings. The van der Waals surface area contributed by atoms with E-state index in [1.807, 2.05) is 0 Å². The van der Waals surface area contributed by atoms with Gasteiger partial charge in [-0.05, 0) is 95.3 Å². The first-order valence-electron chi connectivity index (χ1n) is 12.1. The highest BCUT2D eigenvalue weighted by Gasteiger charge is 2.39. The number of carboxylic acid groups (broad SMARTS) is 1. The third-order valence-electron chi connectivity index (χ3n) is 7.55. The van der Waals surface area contributed by atoms with Crippen LogP contribution in [0.3, 0.4) is 0 Å². The molecule has 0 saturated heterocycles. The first kappa shape index (κ1) is 24.2. The molecular weight excluding hydrogens is 422 g/mol. The molecule has 0 unspecified atom stereocenters. The molecule has 0 amide bonds. The van der Waals surface area contributed by atoms with Crippen molar-refractivity contribution in [3.8, 4) is 0 Å². The number of benzene rings is 2. The van der Waals surface area contributed by atoms with Crippen molar-refractivity contribution in [2.75, 3.05) is 20.1 Å². The fourth-order valence-corrected chi connectivity index (χ4v) is 5.21. The van der Waals surface area contributed by atoms with Gasteiger partial charge in [0.15, 0.2) is 5.78 Å². The summed E-state index contributed by atoms with van der Waals surface area (Å²) >= 11 is 0. The van der Waals surface area contributed by atoms with Gasteiger partial charge in [-0.2, -0.15) is 0 Å². The number of hydrogen-bond acceptors (Lipinski definition) is 3. The molecule has 0 bridgehead atoms. The Kier molecular flexibility index (Phi) is 6.39. The van der Waals surface area contributed by atoms with Gasteiger partial charge in [0.1, 0.15) is 0 Å². The fourth-order valence-electron chi connectivity index (χ4n) is 5.21. The number of carbonyl (C=O) groups is 2. The Morgan fingerprint density at radius 2 is 1.65 bits per heavy atom. The van der Waals surface area contributed by atoms with Crippen LogP contribution in [-0.4, -0.2) is 41.9 Å². The summed E-state index contributed by atoms with van der Waals surface area (Å²) < 4.78 is 0. The van der Waals surface area contributed by atoms with E-state index in [0.717, 1.165) is 43.5 Å². The lowest BCUT2D eigenvalue weighted by molar-refractivity contribution is 0.0696. The second-order valence-corrected chi connectivity index (χ2v) is 11.1. The van der Waals surface area contributed by atoms with Crippen LogP contribution in [0.5, 0.6) is 0 Å². The van der Waals surface area contributed by atoms with Crippen LogP contribution in [0.1, 0.15) is 89.9 Å². The van der Waals surface area contributed by atoms with Crippen molar-refractivity contribution < 1.29 is 14.7 Å². The average molecular weight is 458 g/mol. The Morgan fingerprint density at radius 1 is 0.971 bits per heavy atom. The topological polar surface area (TPSA) is 57.6 Å². The summed E-state index contributed by atoms with van der Waals surface area (Å²) in [5.41, 5.74) is 7.13. The largest absolute Gasteiger partial charge is 0.478 e. The predicted molar refractivity (Wildman–Crippen MR) is 139 cm³/mol. The van der Waals surface area contributed by atoms with Crippen LogP contribution in [0, 0.1) is 0 Å². The van der Waals surface area contributed by atoms with Gasteiger partial charge in [-0.15, -0.1) is 0 Å². The van der Waals surface area contributed by atoms with Crippen molar-refractivity contribution in [3.05, 3.63) is 81.9 Å². The predicted octanol–water partition coefficient (Wildman–Crippen LogP) is 6.35. The van der Waals surface area contributed by atoms with Gasteiger partial charge < -0.3 is 10.0 Å². The third kappa shape index (κ3) is 4.78. The molecule has 2 aliphatic rings. The minimum Gasteiger partial charge on any atom is -0.478 e. The van der Waals surface area contributed by atoms with Crippen LogP contribution >= 0.6 is 0 Å². The number of likely N-dealkylation sites (N-methyl/N-ethyl adjacent to an activating group) is 1. The summed E-state index contributed by atoms with van der Waals surface area (Å²) in [6, 6.07) is 10.8.